The zero-order chi connectivity index (χ0) is 34.2. The molecule has 5 heteroatoms. The van der Waals surface area contributed by atoms with E-state index >= 15 is 0 Å². The molecule has 2 aliphatic carbocycles. The van der Waals surface area contributed by atoms with Gasteiger partial charge in [-0.2, -0.15) is 0 Å². The van der Waals surface area contributed by atoms with E-state index in [0.29, 0.717) is 23.4 Å². The monoisotopic (exact) mass is 667 g/mol. The first-order valence-corrected chi connectivity index (χ1v) is 17.6. The quantitative estimate of drug-likeness (QED) is 0.187. The van der Waals surface area contributed by atoms with Crippen LogP contribution in [0.2, 0.25) is 0 Å². The Morgan fingerprint density at radius 2 is 1.15 bits per heavy atom. The SMILES string of the molecule is C1=CC2CC=C(c3nc(-c4ccccc4)nc(-c4ccc(-c5cccc6c5oc5ccccc56)c5oc6ccccc6c45)n3)C=C2c2ccccc21. The fourth-order valence-corrected chi connectivity index (χ4v) is 7.98. The molecule has 0 aliphatic heterocycles. The molecule has 2 aliphatic rings. The summed E-state index contributed by atoms with van der Waals surface area (Å²) in [4.78, 5) is 15.5. The van der Waals surface area contributed by atoms with Crippen LogP contribution in [-0.4, -0.2) is 15.0 Å². The van der Waals surface area contributed by atoms with Gasteiger partial charge < -0.3 is 8.83 Å². The van der Waals surface area contributed by atoms with Crippen molar-refractivity contribution in [1.29, 1.82) is 0 Å². The highest BCUT2D eigenvalue weighted by molar-refractivity contribution is 6.18. The van der Waals surface area contributed by atoms with Gasteiger partial charge in [-0.15, -0.1) is 0 Å². The van der Waals surface area contributed by atoms with Crippen LogP contribution in [0.1, 0.15) is 23.4 Å². The minimum atomic E-state index is 0.328. The molecular weight excluding hydrogens is 639 g/mol. The first kappa shape index (κ1) is 28.9. The fraction of sp³-hybridized carbons (Fsp3) is 0.0426. The van der Waals surface area contributed by atoms with E-state index in [4.69, 9.17) is 23.8 Å². The maximum absolute atomic E-state index is 6.74. The second-order valence-corrected chi connectivity index (χ2v) is 13.5. The molecule has 0 saturated carbocycles. The van der Waals surface area contributed by atoms with Crippen molar-refractivity contribution in [2.45, 2.75) is 6.42 Å². The largest absolute Gasteiger partial charge is 0.455 e. The van der Waals surface area contributed by atoms with Crippen LogP contribution in [0.4, 0.5) is 0 Å². The molecule has 0 spiro atoms. The fourth-order valence-electron chi connectivity index (χ4n) is 7.98. The Labute approximate surface area is 298 Å². The lowest BCUT2D eigenvalue weighted by Crippen LogP contribution is -2.10. The topological polar surface area (TPSA) is 65.0 Å². The Morgan fingerprint density at radius 1 is 0.500 bits per heavy atom. The highest BCUT2D eigenvalue weighted by atomic mass is 16.3. The van der Waals surface area contributed by atoms with Gasteiger partial charge in [0, 0.05) is 55.3 Å². The van der Waals surface area contributed by atoms with Gasteiger partial charge in [0.15, 0.2) is 17.5 Å². The summed E-state index contributed by atoms with van der Waals surface area (Å²) in [6, 6.07) is 45.7. The lowest BCUT2D eigenvalue weighted by Gasteiger charge is -2.26. The Kier molecular flexibility index (Phi) is 6.31. The maximum atomic E-state index is 6.74. The maximum Gasteiger partial charge on any atom is 0.164 e. The van der Waals surface area contributed by atoms with E-state index in [-0.39, 0.29) is 0 Å². The third-order valence-electron chi connectivity index (χ3n) is 10.5. The van der Waals surface area contributed by atoms with E-state index in [0.717, 1.165) is 78.1 Å². The molecule has 0 N–H and O–H groups in total. The van der Waals surface area contributed by atoms with Crippen molar-refractivity contribution >= 4 is 61.1 Å². The molecule has 9 aromatic rings. The molecule has 5 nitrogen and oxygen atoms in total. The summed E-state index contributed by atoms with van der Waals surface area (Å²) in [5.74, 6) is 2.20. The summed E-state index contributed by atoms with van der Waals surface area (Å²) < 4.78 is 13.2. The number of nitrogens with zero attached hydrogens (tertiary/aromatic N) is 3. The molecule has 11 rings (SSSR count). The molecule has 6 aromatic carbocycles. The van der Waals surface area contributed by atoms with Gasteiger partial charge in [0.25, 0.3) is 0 Å². The van der Waals surface area contributed by atoms with Gasteiger partial charge in [0.1, 0.15) is 22.3 Å². The van der Waals surface area contributed by atoms with E-state index in [1.54, 1.807) is 0 Å². The Morgan fingerprint density at radius 3 is 2.06 bits per heavy atom. The van der Waals surface area contributed by atoms with Crippen molar-refractivity contribution in [3.8, 4) is 33.9 Å². The predicted octanol–water partition coefficient (Wildman–Crippen LogP) is 12.2. The zero-order valence-corrected chi connectivity index (χ0v) is 28.0. The van der Waals surface area contributed by atoms with E-state index in [9.17, 15) is 0 Å². The van der Waals surface area contributed by atoms with Crippen molar-refractivity contribution in [2.75, 3.05) is 0 Å². The van der Waals surface area contributed by atoms with Crippen molar-refractivity contribution < 1.29 is 8.83 Å². The van der Waals surface area contributed by atoms with Gasteiger partial charge in [-0.3, -0.25) is 0 Å². The van der Waals surface area contributed by atoms with E-state index < -0.39 is 0 Å². The summed E-state index contributed by atoms with van der Waals surface area (Å²) in [5, 5.41) is 4.12. The summed E-state index contributed by atoms with van der Waals surface area (Å²) in [7, 11) is 0. The number of rotatable bonds is 4. The minimum absolute atomic E-state index is 0.328. The average Bonchev–Trinajstić information content (AvgIpc) is 3.80. The van der Waals surface area contributed by atoms with Gasteiger partial charge in [-0.05, 0) is 53.5 Å². The number of para-hydroxylation sites is 3. The molecule has 52 heavy (non-hydrogen) atoms. The summed E-state index contributed by atoms with van der Waals surface area (Å²) in [6.07, 6.45) is 9.96. The van der Waals surface area contributed by atoms with Crippen LogP contribution in [0.15, 0.2) is 161 Å². The number of hydrogen-bond donors (Lipinski definition) is 0. The lowest BCUT2D eigenvalue weighted by molar-refractivity contribution is 0.665. The second-order valence-electron chi connectivity index (χ2n) is 13.5. The molecule has 3 heterocycles. The third kappa shape index (κ3) is 4.46. The second kappa shape index (κ2) is 11.3. The van der Waals surface area contributed by atoms with E-state index in [2.05, 4.69) is 103 Å². The number of hydrogen-bond acceptors (Lipinski definition) is 5. The highest BCUT2D eigenvalue weighted by Crippen LogP contribution is 2.45. The van der Waals surface area contributed by atoms with Gasteiger partial charge in [-0.25, -0.2) is 15.0 Å². The molecule has 3 aromatic heterocycles. The van der Waals surface area contributed by atoms with Crippen LogP contribution in [0.3, 0.4) is 0 Å². The molecule has 1 atom stereocenters. The Balaban J connectivity index is 1.14. The van der Waals surface area contributed by atoms with Crippen LogP contribution in [0, 0.1) is 5.92 Å². The Hall–Kier alpha value is -6.85. The molecule has 0 saturated heterocycles. The third-order valence-corrected chi connectivity index (χ3v) is 10.5. The van der Waals surface area contributed by atoms with Gasteiger partial charge >= 0.3 is 0 Å². The first-order valence-electron chi connectivity index (χ1n) is 17.6. The predicted molar refractivity (Wildman–Crippen MR) is 210 cm³/mol. The smallest absolute Gasteiger partial charge is 0.164 e. The lowest BCUT2D eigenvalue weighted by atomic mass is 9.79. The zero-order valence-electron chi connectivity index (χ0n) is 28.0. The standard InChI is InChI=1S/C47H29N3O2/c1-2-12-30(13-3-1)45-48-46(31-24-23-29-22-21-28-11-4-5-14-32(28)39(29)27-31)50-47(49-45)38-26-25-36(44-42(38)37-16-7-9-20-41(37)52-44)35-18-10-17-34-33-15-6-8-19-40(33)51-43(34)35/h1-22,24-27,29H,23H2. The van der Waals surface area contributed by atoms with Crippen LogP contribution in [0.25, 0.3) is 95.0 Å². The summed E-state index contributed by atoms with van der Waals surface area (Å²) in [5.41, 5.74) is 11.8. The molecule has 0 radical (unpaired) electrons. The molecule has 0 fully saturated rings. The van der Waals surface area contributed by atoms with Crippen LogP contribution >= 0.6 is 0 Å². The number of benzene rings is 6. The van der Waals surface area contributed by atoms with Crippen LogP contribution in [0.5, 0.6) is 0 Å². The van der Waals surface area contributed by atoms with Gasteiger partial charge in [0.2, 0.25) is 0 Å². The number of fused-ring (bicyclic) bond motifs is 9. The minimum Gasteiger partial charge on any atom is -0.455 e. The van der Waals surface area contributed by atoms with Gasteiger partial charge in [-0.1, -0.05) is 127 Å². The first-order chi connectivity index (χ1) is 25.8. The summed E-state index contributed by atoms with van der Waals surface area (Å²) >= 11 is 0. The van der Waals surface area contributed by atoms with E-state index in [1.807, 2.05) is 54.6 Å². The average molecular weight is 668 g/mol. The number of allylic oxidation sites excluding steroid dienone is 5. The normalized spacial score (nSPS) is 15.2. The number of aromatic nitrogens is 3. The molecule has 0 bridgehead atoms. The van der Waals surface area contributed by atoms with Crippen LogP contribution in [-0.2, 0) is 0 Å². The van der Waals surface area contributed by atoms with Crippen molar-refractivity contribution in [3.63, 3.8) is 0 Å². The molecule has 0 amide bonds. The highest BCUT2D eigenvalue weighted by Gasteiger charge is 2.26. The number of furan rings is 2. The van der Waals surface area contributed by atoms with E-state index in [1.165, 1.54) is 16.7 Å². The van der Waals surface area contributed by atoms with Crippen LogP contribution < -0.4 is 0 Å². The van der Waals surface area contributed by atoms with Crippen molar-refractivity contribution in [3.05, 3.63) is 169 Å². The molecule has 1 unspecified atom stereocenters. The Bertz CT molecular complexity index is 3000. The van der Waals surface area contributed by atoms with Gasteiger partial charge in [0.05, 0.1) is 0 Å². The van der Waals surface area contributed by atoms with Crippen molar-refractivity contribution in [2.24, 2.45) is 5.92 Å². The molecule has 244 valence electrons. The van der Waals surface area contributed by atoms with Crippen molar-refractivity contribution in [1.82, 2.24) is 15.0 Å². The summed E-state index contributed by atoms with van der Waals surface area (Å²) in [6.45, 7) is 0. The molecular formula is C47H29N3O2.